The molecular formula is C22H29ClF2O. The fraction of sp³-hybridized carbons (Fsp3) is 0.636. The summed E-state index contributed by atoms with van der Waals surface area (Å²) in [4.78, 5) is 0. The maximum absolute atomic E-state index is 14.1. The van der Waals surface area contributed by atoms with Crippen LogP contribution in [0.2, 0.25) is 0 Å². The van der Waals surface area contributed by atoms with Gasteiger partial charge in [0.2, 0.25) is 0 Å². The van der Waals surface area contributed by atoms with Crippen LogP contribution in [-0.4, -0.2) is 6.61 Å². The Morgan fingerprint density at radius 1 is 0.962 bits per heavy atom. The molecule has 2 fully saturated rings. The fourth-order valence-corrected chi connectivity index (χ4v) is 5.14. The zero-order valence-corrected chi connectivity index (χ0v) is 16.3. The third-order valence-electron chi connectivity index (χ3n) is 6.38. The minimum absolute atomic E-state index is 0.243. The van der Waals surface area contributed by atoms with E-state index < -0.39 is 11.6 Å². The second-order valence-corrected chi connectivity index (χ2v) is 8.10. The normalized spacial score (nSPS) is 29.8. The molecule has 0 radical (unpaired) electrons. The molecule has 0 aromatic heterocycles. The minimum Gasteiger partial charge on any atom is -0.488 e. The van der Waals surface area contributed by atoms with Crippen molar-refractivity contribution in [1.82, 2.24) is 0 Å². The summed E-state index contributed by atoms with van der Waals surface area (Å²) in [5.74, 6) is 1.10. The minimum atomic E-state index is -0.574. The Hall–Kier alpha value is -1.09. The molecule has 0 heterocycles. The van der Waals surface area contributed by atoms with Crippen molar-refractivity contribution in [3.63, 3.8) is 0 Å². The maximum Gasteiger partial charge on any atom is 0.190 e. The number of halogens is 3. The molecule has 0 N–H and O–H groups in total. The van der Waals surface area contributed by atoms with E-state index in [-0.39, 0.29) is 18.3 Å². The van der Waals surface area contributed by atoms with Gasteiger partial charge in [-0.1, -0.05) is 17.7 Å². The van der Waals surface area contributed by atoms with Gasteiger partial charge in [0.15, 0.2) is 17.4 Å². The monoisotopic (exact) mass is 382 g/mol. The van der Waals surface area contributed by atoms with Crippen LogP contribution in [0.1, 0.15) is 69.8 Å². The molecule has 0 atom stereocenters. The van der Waals surface area contributed by atoms with E-state index in [2.05, 4.69) is 6.08 Å². The van der Waals surface area contributed by atoms with E-state index in [0.29, 0.717) is 5.92 Å². The third-order valence-corrected chi connectivity index (χ3v) is 6.53. The van der Waals surface area contributed by atoms with Gasteiger partial charge < -0.3 is 4.74 Å². The van der Waals surface area contributed by atoms with Gasteiger partial charge in [-0.15, -0.1) is 0 Å². The van der Waals surface area contributed by atoms with Crippen LogP contribution < -0.4 is 4.74 Å². The number of rotatable bonds is 5. The van der Waals surface area contributed by atoms with Gasteiger partial charge in [-0.25, -0.2) is 8.78 Å². The number of benzene rings is 1. The van der Waals surface area contributed by atoms with Gasteiger partial charge in [0.1, 0.15) is 0 Å². The lowest BCUT2D eigenvalue weighted by Gasteiger charge is -2.37. The van der Waals surface area contributed by atoms with Crippen LogP contribution in [0.5, 0.6) is 5.75 Å². The zero-order valence-electron chi connectivity index (χ0n) is 15.5. The second kappa shape index (κ2) is 9.21. The smallest absolute Gasteiger partial charge is 0.190 e. The molecule has 2 aliphatic carbocycles. The van der Waals surface area contributed by atoms with Crippen LogP contribution in [-0.2, 0) is 0 Å². The molecule has 1 aromatic carbocycles. The van der Waals surface area contributed by atoms with Crippen molar-refractivity contribution in [3.05, 3.63) is 40.9 Å². The topological polar surface area (TPSA) is 9.23 Å². The predicted molar refractivity (Wildman–Crippen MR) is 103 cm³/mol. The quantitative estimate of drug-likeness (QED) is 0.523. The van der Waals surface area contributed by atoms with Crippen molar-refractivity contribution in [2.75, 3.05) is 6.61 Å². The Labute approximate surface area is 160 Å². The predicted octanol–water partition coefficient (Wildman–Crippen LogP) is 7.20. The molecule has 0 saturated heterocycles. The number of allylic oxidation sites excluding steroid dienone is 1. The molecule has 2 saturated carbocycles. The summed E-state index contributed by atoms with van der Waals surface area (Å²) < 4.78 is 33.3. The molecule has 0 spiro atoms. The number of ether oxygens (including phenoxy) is 1. The Morgan fingerprint density at radius 3 is 2.00 bits per heavy atom. The van der Waals surface area contributed by atoms with E-state index in [9.17, 15) is 8.78 Å². The fourth-order valence-electron chi connectivity index (χ4n) is 4.93. The molecule has 0 aliphatic heterocycles. The van der Waals surface area contributed by atoms with E-state index in [1.54, 1.807) is 12.5 Å². The lowest BCUT2D eigenvalue weighted by atomic mass is 9.68. The Bertz CT molecular complexity index is 592. The first-order chi connectivity index (χ1) is 12.6. The molecule has 0 amide bonds. The largest absolute Gasteiger partial charge is 0.488 e. The van der Waals surface area contributed by atoms with E-state index in [4.69, 9.17) is 16.3 Å². The van der Waals surface area contributed by atoms with Crippen LogP contribution in [0.4, 0.5) is 8.78 Å². The summed E-state index contributed by atoms with van der Waals surface area (Å²) in [6.07, 6.45) is 11.6. The van der Waals surface area contributed by atoms with Crippen LogP contribution >= 0.6 is 11.6 Å². The first-order valence-electron chi connectivity index (χ1n) is 10.0. The summed E-state index contributed by atoms with van der Waals surface area (Å²) >= 11 is 5.70. The summed E-state index contributed by atoms with van der Waals surface area (Å²) in [5.41, 5.74) is 2.45. The molecular weight excluding hydrogens is 354 g/mol. The maximum atomic E-state index is 14.1. The van der Waals surface area contributed by atoms with Crippen LogP contribution in [0.15, 0.2) is 23.7 Å². The van der Waals surface area contributed by atoms with Gasteiger partial charge in [0, 0.05) is 5.54 Å². The summed E-state index contributed by atoms with van der Waals surface area (Å²) in [5, 5.41) is 0. The highest BCUT2D eigenvalue weighted by molar-refractivity contribution is 6.25. The lowest BCUT2D eigenvalue weighted by Crippen LogP contribution is -2.25. The van der Waals surface area contributed by atoms with Crippen molar-refractivity contribution < 1.29 is 13.5 Å². The van der Waals surface area contributed by atoms with Crippen molar-refractivity contribution >= 4 is 11.6 Å². The molecule has 0 bridgehead atoms. The Morgan fingerprint density at radius 2 is 1.50 bits per heavy atom. The molecule has 1 aromatic rings. The Balaban J connectivity index is 1.56. The van der Waals surface area contributed by atoms with Gasteiger partial charge in [-0.3, -0.25) is 0 Å². The van der Waals surface area contributed by atoms with E-state index >= 15 is 0 Å². The van der Waals surface area contributed by atoms with Crippen LogP contribution in [0.25, 0.3) is 0 Å². The van der Waals surface area contributed by atoms with Gasteiger partial charge >= 0.3 is 0 Å². The summed E-state index contributed by atoms with van der Waals surface area (Å²) in [7, 11) is 0. The van der Waals surface area contributed by atoms with Crippen molar-refractivity contribution in [3.8, 4) is 5.75 Å². The van der Waals surface area contributed by atoms with Gasteiger partial charge in [-0.2, -0.15) is 0 Å². The first kappa shape index (κ1) is 19.7. The molecule has 2 aliphatic rings. The highest BCUT2D eigenvalue weighted by Gasteiger charge is 2.31. The standard InChI is InChI=1S/C22H29ClF2O/c1-2-26-22-20(24)13-19(14-21(22)25)18-9-7-17(8-10-18)16-5-3-15(4-6-16)11-12-23/h11-18H,2-10H2,1H3/b12-11+. The average Bonchev–Trinajstić information content (AvgIpc) is 2.66. The molecule has 1 nitrogen and oxygen atoms in total. The van der Waals surface area contributed by atoms with Crippen LogP contribution in [0.3, 0.4) is 0 Å². The highest BCUT2D eigenvalue weighted by Crippen LogP contribution is 2.44. The molecule has 0 unspecified atom stereocenters. The van der Waals surface area contributed by atoms with E-state index in [0.717, 1.165) is 30.2 Å². The lowest BCUT2D eigenvalue weighted by molar-refractivity contribution is 0.171. The van der Waals surface area contributed by atoms with Crippen molar-refractivity contribution in [1.29, 1.82) is 0 Å². The van der Waals surface area contributed by atoms with E-state index in [1.165, 1.54) is 50.7 Å². The van der Waals surface area contributed by atoms with Crippen molar-refractivity contribution in [2.45, 2.75) is 64.2 Å². The molecule has 26 heavy (non-hydrogen) atoms. The molecule has 4 heteroatoms. The van der Waals surface area contributed by atoms with Gasteiger partial charge in [0.05, 0.1) is 6.61 Å². The highest BCUT2D eigenvalue weighted by atomic mass is 35.5. The van der Waals surface area contributed by atoms with Crippen molar-refractivity contribution in [2.24, 2.45) is 17.8 Å². The van der Waals surface area contributed by atoms with E-state index in [1.807, 2.05) is 0 Å². The summed E-state index contributed by atoms with van der Waals surface area (Å²) in [6, 6.07) is 2.95. The number of hydrogen-bond acceptors (Lipinski definition) is 1. The van der Waals surface area contributed by atoms with Crippen LogP contribution in [0, 0.1) is 29.4 Å². The van der Waals surface area contributed by atoms with Gasteiger partial charge in [0.25, 0.3) is 0 Å². The molecule has 3 rings (SSSR count). The zero-order chi connectivity index (χ0) is 18.5. The second-order valence-electron chi connectivity index (χ2n) is 7.85. The Kier molecular flexibility index (Phi) is 6.97. The average molecular weight is 383 g/mol. The molecule has 144 valence electrons. The number of hydrogen-bond donors (Lipinski definition) is 0. The SMILES string of the molecule is CCOc1c(F)cc(C2CCC(C3CCC(/C=C/Cl)CC3)CC2)cc1F. The third kappa shape index (κ3) is 4.60. The first-order valence-corrected chi connectivity index (χ1v) is 10.4. The van der Waals surface area contributed by atoms with Gasteiger partial charge in [-0.05, 0) is 99.7 Å². The summed E-state index contributed by atoms with van der Waals surface area (Å²) in [6.45, 7) is 1.99.